The maximum atomic E-state index is 9.64. The second-order valence-electron chi connectivity index (χ2n) is 7.54. The Hall–Kier alpha value is -1.06. The average molecular weight is 300 g/mol. The van der Waals surface area contributed by atoms with Gasteiger partial charge in [0.05, 0.1) is 0 Å². The Morgan fingerprint density at radius 1 is 1.05 bits per heavy atom. The van der Waals surface area contributed by atoms with Crippen LogP contribution in [-0.4, -0.2) is 53.7 Å². The number of fused-ring (bicyclic) bond motifs is 2. The molecule has 2 heterocycles. The van der Waals surface area contributed by atoms with Gasteiger partial charge in [-0.3, -0.25) is 4.90 Å². The number of piperidine rings is 2. The van der Waals surface area contributed by atoms with Crippen molar-refractivity contribution in [2.75, 3.05) is 32.7 Å². The lowest BCUT2D eigenvalue weighted by atomic mass is 9.89. The second-order valence-corrected chi connectivity index (χ2v) is 7.54. The van der Waals surface area contributed by atoms with Gasteiger partial charge in [0.15, 0.2) is 0 Å². The number of aromatic hydroxyl groups is 1. The highest BCUT2D eigenvalue weighted by Gasteiger charge is 2.37. The molecule has 2 atom stereocenters. The van der Waals surface area contributed by atoms with Crippen molar-refractivity contribution in [3.05, 3.63) is 29.8 Å². The molecule has 22 heavy (non-hydrogen) atoms. The standard InChI is InChI=1S/C19H28N2O/c22-19-3-1-2-17(13-19)16-6-8-20(9-7-16)10-11-21-14-15-4-5-18(21)12-15/h1-3,13,15-16,18,22H,4-12,14H2/t15-,18+/m0/s1. The fourth-order valence-electron chi connectivity index (χ4n) is 4.84. The molecule has 2 saturated heterocycles. The molecular weight excluding hydrogens is 272 g/mol. The third-order valence-electron chi connectivity index (χ3n) is 6.16. The summed E-state index contributed by atoms with van der Waals surface area (Å²) in [5.74, 6) is 2.05. The van der Waals surface area contributed by atoms with Crippen LogP contribution in [0.5, 0.6) is 5.75 Å². The number of hydrogen-bond donors (Lipinski definition) is 1. The van der Waals surface area contributed by atoms with Crippen LogP contribution in [-0.2, 0) is 0 Å². The molecular formula is C19H28N2O. The number of nitrogens with zero attached hydrogens (tertiary/aromatic N) is 2. The maximum Gasteiger partial charge on any atom is 0.115 e. The van der Waals surface area contributed by atoms with Gasteiger partial charge in [0.1, 0.15) is 5.75 Å². The first-order valence-corrected chi connectivity index (χ1v) is 9.03. The first-order valence-electron chi connectivity index (χ1n) is 9.03. The van der Waals surface area contributed by atoms with Crippen molar-refractivity contribution in [1.82, 2.24) is 9.80 Å². The molecule has 2 aliphatic heterocycles. The smallest absolute Gasteiger partial charge is 0.115 e. The molecule has 0 amide bonds. The molecule has 0 unspecified atom stereocenters. The third kappa shape index (κ3) is 3.02. The van der Waals surface area contributed by atoms with Crippen LogP contribution in [0.2, 0.25) is 0 Å². The molecule has 0 spiro atoms. The van der Waals surface area contributed by atoms with Gasteiger partial charge in [-0.1, -0.05) is 12.1 Å². The Labute approximate surface area is 133 Å². The first kappa shape index (κ1) is 14.5. The van der Waals surface area contributed by atoms with Crippen molar-refractivity contribution in [2.45, 2.75) is 44.1 Å². The van der Waals surface area contributed by atoms with Gasteiger partial charge in [-0.15, -0.1) is 0 Å². The molecule has 4 rings (SSSR count). The van der Waals surface area contributed by atoms with Gasteiger partial charge >= 0.3 is 0 Å². The largest absolute Gasteiger partial charge is 0.508 e. The van der Waals surface area contributed by atoms with E-state index in [4.69, 9.17) is 0 Å². The molecule has 3 heteroatoms. The zero-order valence-electron chi connectivity index (χ0n) is 13.5. The van der Waals surface area contributed by atoms with E-state index in [0.717, 1.165) is 12.0 Å². The molecule has 0 aromatic heterocycles. The molecule has 1 saturated carbocycles. The van der Waals surface area contributed by atoms with Gasteiger partial charge in [0.2, 0.25) is 0 Å². The summed E-state index contributed by atoms with van der Waals surface area (Å²) in [7, 11) is 0. The summed E-state index contributed by atoms with van der Waals surface area (Å²) in [4.78, 5) is 5.39. The van der Waals surface area contributed by atoms with Gasteiger partial charge < -0.3 is 10.0 Å². The summed E-state index contributed by atoms with van der Waals surface area (Å²) >= 11 is 0. The highest BCUT2D eigenvalue weighted by Crippen LogP contribution is 2.37. The Kier molecular flexibility index (Phi) is 4.10. The summed E-state index contributed by atoms with van der Waals surface area (Å²) in [5.41, 5.74) is 1.32. The van der Waals surface area contributed by atoms with E-state index in [1.165, 1.54) is 70.4 Å². The average Bonchev–Trinajstić information content (AvgIpc) is 3.16. The second kappa shape index (κ2) is 6.21. The minimum atomic E-state index is 0.406. The van der Waals surface area contributed by atoms with E-state index in [1.807, 2.05) is 12.1 Å². The van der Waals surface area contributed by atoms with Gasteiger partial charge in [0.25, 0.3) is 0 Å². The molecule has 1 aromatic rings. The van der Waals surface area contributed by atoms with Gasteiger partial charge in [-0.2, -0.15) is 0 Å². The normalized spacial score (nSPS) is 30.2. The van der Waals surface area contributed by atoms with E-state index in [0.29, 0.717) is 11.7 Å². The minimum absolute atomic E-state index is 0.406. The van der Waals surface area contributed by atoms with Crippen molar-refractivity contribution in [3.8, 4) is 5.75 Å². The van der Waals surface area contributed by atoms with E-state index in [-0.39, 0.29) is 0 Å². The van der Waals surface area contributed by atoms with E-state index in [1.54, 1.807) is 6.07 Å². The Balaban J connectivity index is 1.24. The van der Waals surface area contributed by atoms with Crippen LogP contribution in [0.1, 0.15) is 43.6 Å². The Morgan fingerprint density at radius 3 is 2.59 bits per heavy atom. The molecule has 1 N–H and O–H groups in total. The minimum Gasteiger partial charge on any atom is -0.508 e. The van der Waals surface area contributed by atoms with E-state index in [9.17, 15) is 5.11 Å². The van der Waals surface area contributed by atoms with Crippen LogP contribution in [0.25, 0.3) is 0 Å². The molecule has 3 nitrogen and oxygen atoms in total. The lowest BCUT2D eigenvalue weighted by molar-refractivity contribution is 0.152. The topological polar surface area (TPSA) is 26.7 Å². The van der Waals surface area contributed by atoms with Crippen LogP contribution < -0.4 is 0 Å². The highest BCUT2D eigenvalue weighted by molar-refractivity contribution is 5.30. The fourth-order valence-corrected chi connectivity index (χ4v) is 4.84. The van der Waals surface area contributed by atoms with E-state index >= 15 is 0 Å². The number of rotatable bonds is 4. The number of hydrogen-bond acceptors (Lipinski definition) is 3. The van der Waals surface area contributed by atoms with Crippen LogP contribution in [0, 0.1) is 5.92 Å². The zero-order chi connectivity index (χ0) is 14.9. The zero-order valence-corrected chi connectivity index (χ0v) is 13.5. The maximum absolute atomic E-state index is 9.64. The lowest BCUT2D eigenvalue weighted by Gasteiger charge is -2.34. The molecule has 1 aromatic carbocycles. The molecule has 0 radical (unpaired) electrons. The number of likely N-dealkylation sites (tertiary alicyclic amines) is 2. The summed E-state index contributed by atoms with van der Waals surface area (Å²) in [6, 6.07) is 8.76. The molecule has 120 valence electrons. The predicted molar refractivity (Wildman–Crippen MR) is 89.2 cm³/mol. The third-order valence-corrected chi connectivity index (χ3v) is 6.16. The van der Waals surface area contributed by atoms with Gasteiger partial charge in [-0.05, 0) is 74.7 Å². The summed E-state index contributed by atoms with van der Waals surface area (Å²) in [6.07, 6.45) is 6.87. The van der Waals surface area contributed by atoms with Gasteiger partial charge in [0, 0.05) is 25.7 Å². The number of benzene rings is 1. The van der Waals surface area contributed by atoms with Gasteiger partial charge in [-0.25, -0.2) is 0 Å². The van der Waals surface area contributed by atoms with Crippen LogP contribution in [0.15, 0.2) is 24.3 Å². The first-order chi connectivity index (χ1) is 10.8. The Bertz CT molecular complexity index is 510. The van der Waals surface area contributed by atoms with Crippen molar-refractivity contribution in [1.29, 1.82) is 0 Å². The van der Waals surface area contributed by atoms with Crippen molar-refractivity contribution >= 4 is 0 Å². The summed E-state index contributed by atoms with van der Waals surface area (Å²) in [6.45, 7) is 6.31. The summed E-state index contributed by atoms with van der Waals surface area (Å²) in [5, 5.41) is 9.64. The van der Waals surface area contributed by atoms with Crippen molar-refractivity contribution < 1.29 is 5.11 Å². The van der Waals surface area contributed by atoms with Crippen LogP contribution in [0.3, 0.4) is 0 Å². The quantitative estimate of drug-likeness (QED) is 0.926. The number of phenols is 1. The van der Waals surface area contributed by atoms with Crippen LogP contribution in [0.4, 0.5) is 0 Å². The SMILES string of the molecule is Oc1cccc(C2CCN(CCN3C[C@H]4CC[C@@H]3C4)CC2)c1. The van der Waals surface area contributed by atoms with Crippen molar-refractivity contribution in [3.63, 3.8) is 0 Å². The monoisotopic (exact) mass is 300 g/mol. The molecule has 1 aliphatic carbocycles. The molecule has 3 aliphatic rings. The fraction of sp³-hybridized carbons (Fsp3) is 0.684. The lowest BCUT2D eigenvalue weighted by Crippen LogP contribution is -2.41. The molecule has 2 bridgehead atoms. The molecule has 3 fully saturated rings. The van der Waals surface area contributed by atoms with Crippen molar-refractivity contribution in [2.24, 2.45) is 5.92 Å². The van der Waals surface area contributed by atoms with E-state index < -0.39 is 0 Å². The number of phenolic OH excluding ortho intramolecular Hbond substituents is 1. The highest BCUT2D eigenvalue weighted by atomic mass is 16.3. The summed E-state index contributed by atoms with van der Waals surface area (Å²) < 4.78 is 0. The predicted octanol–water partition coefficient (Wildman–Crippen LogP) is 3.06. The van der Waals surface area contributed by atoms with E-state index in [2.05, 4.69) is 15.9 Å². The van der Waals surface area contributed by atoms with Crippen LogP contribution >= 0.6 is 0 Å². The Morgan fingerprint density at radius 2 is 1.91 bits per heavy atom.